The highest BCUT2D eigenvalue weighted by atomic mass is 32.2. The smallest absolute Gasteiger partial charge is 0.244 e. The Hall–Kier alpha value is -1.36. The van der Waals surface area contributed by atoms with Crippen molar-refractivity contribution in [1.29, 1.82) is 0 Å². The first-order chi connectivity index (χ1) is 9.97. The second-order valence-electron chi connectivity index (χ2n) is 6.16. The molecule has 0 aromatic heterocycles. The number of carbonyl (C=O) groups is 1. The number of rotatable bonds is 3. The number of aryl methyl sites for hydroxylation is 1. The molecule has 1 saturated heterocycles. The molecule has 4 nitrogen and oxygen atoms in total. The molecule has 1 aromatic carbocycles. The lowest BCUT2D eigenvalue weighted by molar-refractivity contribution is -0.132. The van der Waals surface area contributed by atoms with Gasteiger partial charge in [-0.1, -0.05) is 17.7 Å². The Morgan fingerprint density at radius 2 is 1.62 bits per heavy atom. The van der Waals surface area contributed by atoms with Crippen LogP contribution in [0.25, 0.3) is 0 Å². The van der Waals surface area contributed by atoms with Crippen LogP contribution in [0.1, 0.15) is 37.7 Å². The van der Waals surface area contributed by atoms with Gasteiger partial charge in [0, 0.05) is 13.1 Å². The molecule has 0 unspecified atom stereocenters. The Kier molecular flexibility index (Phi) is 3.56. The number of sulfone groups is 1. The van der Waals surface area contributed by atoms with Gasteiger partial charge in [-0.05, 0) is 51.2 Å². The number of piperidine rings is 1. The molecule has 21 heavy (non-hydrogen) atoms. The first kappa shape index (κ1) is 14.6. The fourth-order valence-corrected chi connectivity index (χ4v) is 4.98. The van der Waals surface area contributed by atoms with Crippen LogP contribution in [-0.2, 0) is 14.6 Å². The minimum absolute atomic E-state index is 0.178. The quantitative estimate of drug-likeness (QED) is 0.861. The predicted molar refractivity (Wildman–Crippen MR) is 80.8 cm³/mol. The van der Waals surface area contributed by atoms with E-state index in [-0.39, 0.29) is 10.8 Å². The molecule has 0 N–H and O–H groups in total. The third kappa shape index (κ3) is 2.37. The maximum Gasteiger partial charge on any atom is 0.244 e. The fourth-order valence-electron chi connectivity index (χ4n) is 3.04. The van der Waals surface area contributed by atoms with Gasteiger partial charge in [-0.3, -0.25) is 4.79 Å². The Bertz CT molecular complexity index is 639. The van der Waals surface area contributed by atoms with E-state index < -0.39 is 14.6 Å². The van der Waals surface area contributed by atoms with Crippen LogP contribution < -0.4 is 0 Å². The second kappa shape index (κ2) is 5.13. The first-order valence-corrected chi connectivity index (χ1v) is 9.06. The molecular formula is C16H21NO3S. The summed E-state index contributed by atoms with van der Waals surface area (Å²) < 4.78 is 24.5. The van der Waals surface area contributed by atoms with Crippen molar-refractivity contribution in [2.45, 2.75) is 48.7 Å². The summed E-state index contributed by atoms with van der Waals surface area (Å²) in [7, 11) is -3.58. The van der Waals surface area contributed by atoms with Crippen LogP contribution in [0.3, 0.4) is 0 Å². The Balaban J connectivity index is 1.90. The fraction of sp³-hybridized carbons (Fsp3) is 0.562. The van der Waals surface area contributed by atoms with Crippen LogP contribution in [0, 0.1) is 6.92 Å². The maximum atomic E-state index is 12.9. The molecule has 3 rings (SSSR count). The van der Waals surface area contributed by atoms with Crippen LogP contribution in [0.2, 0.25) is 0 Å². The van der Waals surface area contributed by atoms with Crippen molar-refractivity contribution in [3.63, 3.8) is 0 Å². The van der Waals surface area contributed by atoms with E-state index in [0.717, 1.165) is 24.8 Å². The Morgan fingerprint density at radius 1 is 1.05 bits per heavy atom. The van der Waals surface area contributed by atoms with Crippen molar-refractivity contribution in [2.24, 2.45) is 0 Å². The average Bonchev–Trinajstić information content (AvgIpc) is 3.30. The molecule has 0 bridgehead atoms. The van der Waals surface area contributed by atoms with Crippen LogP contribution in [0.15, 0.2) is 29.2 Å². The molecule has 2 fully saturated rings. The molecule has 2 aliphatic rings. The number of hydrogen-bond acceptors (Lipinski definition) is 3. The summed E-state index contributed by atoms with van der Waals surface area (Å²) in [4.78, 5) is 14.7. The normalized spacial score (nSPS) is 21.1. The van der Waals surface area contributed by atoms with Crippen LogP contribution >= 0.6 is 0 Å². The van der Waals surface area contributed by atoms with Gasteiger partial charge in [0.2, 0.25) is 5.91 Å². The number of likely N-dealkylation sites (tertiary alicyclic amines) is 1. The lowest BCUT2D eigenvalue weighted by Crippen LogP contribution is -2.46. The lowest BCUT2D eigenvalue weighted by Gasteiger charge is -2.30. The van der Waals surface area contributed by atoms with Gasteiger partial charge in [0.1, 0.15) is 0 Å². The molecule has 1 aliphatic heterocycles. The standard InChI is InChI=1S/C16H21NO3S/c1-13-5-7-14(8-6-13)21(19,20)16(9-10-16)15(18)17-11-3-2-4-12-17/h5-8H,2-4,9-12H2,1H3. The van der Waals surface area contributed by atoms with E-state index in [2.05, 4.69) is 0 Å². The summed E-state index contributed by atoms with van der Waals surface area (Å²) >= 11 is 0. The van der Waals surface area contributed by atoms with Gasteiger partial charge in [-0.15, -0.1) is 0 Å². The van der Waals surface area contributed by atoms with E-state index in [1.807, 2.05) is 6.92 Å². The van der Waals surface area contributed by atoms with E-state index in [1.54, 1.807) is 29.2 Å². The minimum atomic E-state index is -3.58. The van der Waals surface area contributed by atoms with Crippen LogP contribution in [-0.4, -0.2) is 37.1 Å². The van der Waals surface area contributed by atoms with Gasteiger partial charge in [0.05, 0.1) is 4.90 Å². The van der Waals surface area contributed by atoms with E-state index in [4.69, 9.17) is 0 Å². The Morgan fingerprint density at radius 3 is 2.14 bits per heavy atom. The zero-order chi connectivity index (χ0) is 15.1. The number of carbonyl (C=O) groups excluding carboxylic acids is 1. The van der Waals surface area contributed by atoms with Crippen molar-refractivity contribution in [2.75, 3.05) is 13.1 Å². The molecule has 1 heterocycles. The maximum absolute atomic E-state index is 12.9. The van der Waals surface area contributed by atoms with E-state index in [9.17, 15) is 13.2 Å². The third-order valence-corrected chi connectivity index (χ3v) is 7.09. The van der Waals surface area contributed by atoms with Crippen molar-refractivity contribution in [3.05, 3.63) is 29.8 Å². The molecule has 0 radical (unpaired) electrons. The molecule has 0 spiro atoms. The van der Waals surface area contributed by atoms with Crippen molar-refractivity contribution in [3.8, 4) is 0 Å². The highest BCUT2D eigenvalue weighted by Gasteiger charge is 2.62. The molecule has 1 amide bonds. The number of hydrogen-bond donors (Lipinski definition) is 0. The molecule has 114 valence electrons. The van der Waals surface area contributed by atoms with Gasteiger partial charge in [0.25, 0.3) is 0 Å². The summed E-state index contributed by atoms with van der Waals surface area (Å²) in [5.74, 6) is -0.178. The summed E-state index contributed by atoms with van der Waals surface area (Å²) in [6.07, 6.45) is 4.00. The largest absolute Gasteiger partial charge is 0.341 e. The molecular weight excluding hydrogens is 286 g/mol. The lowest BCUT2D eigenvalue weighted by atomic mass is 10.1. The zero-order valence-electron chi connectivity index (χ0n) is 12.3. The monoisotopic (exact) mass is 307 g/mol. The number of nitrogens with zero attached hydrogens (tertiary/aromatic N) is 1. The highest BCUT2D eigenvalue weighted by Crippen LogP contribution is 2.48. The average molecular weight is 307 g/mol. The summed E-state index contributed by atoms with van der Waals surface area (Å²) in [5.41, 5.74) is 1.01. The van der Waals surface area contributed by atoms with E-state index in [1.165, 1.54) is 0 Å². The van der Waals surface area contributed by atoms with Crippen LogP contribution in [0.4, 0.5) is 0 Å². The van der Waals surface area contributed by atoms with Gasteiger partial charge < -0.3 is 4.90 Å². The molecule has 1 aromatic rings. The minimum Gasteiger partial charge on any atom is -0.341 e. The second-order valence-corrected chi connectivity index (χ2v) is 8.42. The topological polar surface area (TPSA) is 54.5 Å². The van der Waals surface area contributed by atoms with Gasteiger partial charge >= 0.3 is 0 Å². The number of amides is 1. The zero-order valence-corrected chi connectivity index (χ0v) is 13.2. The SMILES string of the molecule is Cc1ccc(S(=O)(=O)C2(C(=O)N3CCCCC3)CC2)cc1. The van der Waals surface area contributed by atoms with Crippen molar-refractivity contribution >= 4 is 15.7 Å². The molecule has 5 heteroatoms. The van der Waals surface area contributed by atoms with Gasteiger partial charge in [-0.2, -0.15) is 0 Å². The van der Waals surface area contributed by atoms with Crippen LogP contribution in [0.5, 0.6) is 0 Å². The van der Waals surface area contributed by atoms with Gasteiger partial charge in [-0.25, -0.2) is 8.42 Å². The van der Waals surface area contributed by atoms with Crippen molar-refractivity contribution < 1.29 is 13.2 Å². The predicted octanol–water partition coefficient (Wildman–Crippen LogP) is 2.31. The summed E-state index contributed by atoms with van der Waals surface area (Å²) in [6.45, 7) is 3.32. The molecule has 0 atom stereocenters. The highest BCUT2D eigenvalue weighted by molar-refractivity contribution is 7.94. The van der Waals surface area contributed by atoms with Gasteiger partial charge in [0.15, 0.2) is 14.6 Å². The summed E-state index contributed by atoms with van der Waals surface area (Å²) in [5, 5.41) is 0. The summed E-state index contributed by atoms with van der Waals surface area (Å²) in [6, 6.07) is 6.81. The Labute approximate surface area is 126 Å². The first-order valence-electron chi connectivity index (χ1n) is 7.58. The third-order valence-electron chi connectivity index (χ3n) is 4.58. The molecule has 1 saturated carbocycles. The molecule has 1 aliphatic carbocycles. The number of benzene rings is 1. The van der Waals surface area contributed by atoms with E-state index in [0.29, 0.717) is 25.9 Å². The van der Waals surface area contributed by atoms with E-state index >= 15 is 0 Å². The van der Waals surface area contributed by atoms with Crippen molar-refractivity contribution in [1.82, 2.24) is 4.90 Å².